The summed E-state index contributed by atoms with van der Waals surface area (Å²) in [7, 11) is 0. The second kappa shape index (κ2) is 11.3. The van der Waals surface area contributed by atoms with E-state index in [0.717, 1.165) is 25.7 Å². The molecule has 1 atom stereocenters. The van der Waals surface area contributed by atoms with Gasteiger partial charge in [-0.3, -0.25) is 4.39 Å². The number of nitrogens with one attached hydrogen (secondary N) is 1. The molecular weight excluding hydrogens is 454 g/mol. The van der Waals surface area contributed by atoms with Gasteiger partial charge in [0.15, 0.2) is 0 Å². The van der Waals surface area contributed by atoms with Gasteiger partial charge >= 0.3 is 0 Å². The van der Waals surface area contributed by atoms with Gasteiger partial charge in [0, 0.05) is 15.8 Å². The molecule has 150 valence electrons. The molecule has 11 heteroatoms. The highest BCUT2D eigenvalue weighted by atomic mass is 35.5. The zero-order valence-electron chi connectivity index (χ0n) is 14.4. The molecule has 0 aromatic carbocycles. The van der Waals surface area contributed by atoms with Crippen LogP contribution in [0.2, 0.25) is 5.28 Å². The molecule has 0 saturated heterocycles. The number of nitrogens with zero attached hydrogens (tertiary/aromatic N) is 2. The fourth-order valence-electron chi connectivity index (χ4n) is 2.50. The van der Waals surface area contributed by atoms with E-state index < -0.39 is 6.67 Å². The van der Waals surface area contributed by atoms with Crippen molar-refractivity contribution in [2.45, 2.75) is 30.3 Å². The molecule has 0 saturated carbocycles. The van der Waals surface area contributed by atoms with Gasteiger partial charge in [-0.15, -0.1) is 47.9 Å². The van der Waals surface area contributed by atoms with Crippen LogP contribution in [-0.2, 0) is 13.0 Å². The van der Waals surface area contributed by atoms with Gasteiger partial charge in [0.25, 0.3) is 0 Å². The molecule has 3 aromatic rings. The molecule has 0 bridgehead atoms. The molecule has 1 unspecified atom stereocenters. The number of furan rings is 1. The fourth-order valence-corrected chi connectivity index (χ4v) is 4.96. The Morgan fingerprint density at radius 3 is 2.81 bits per heavy atom. The number of fused-ring (bicyclic) bond motifs is 1. The molecule has 3 heterocycles. The third-order valence-corrected chi connectivity index (χ3v) is 6.03. The zero-order valence-corrected chi connectivity index (χ0v) is 18.4. The Balaban J connectivity index is 0.00000182. The molecule has 0 aliphatic heterocycles. The normalized spacial score (nSPS) is 11.7. The van der Waals surface area contributed by atoms with Crippen LogP contribution in [0.25, 0.3) is 10.2 Å². The number of aromatic nitrogens is 2. The number of nitrogens with two attached hydrogens (primary N) is 1. The summed E-state index contributed by atoms with van der Waals surface area (Å²) in [6, 6.07) is 3.50. The summed E-state index contributed by atoms with van der Waals surface area (Å²) in [4.78, 5) is 10.8. The van der Waals surface area contributed by atoms with Gasteiger partial charge in [0.05, 0.1) is 24.2 Å². The molecule has 0 aliphatic rings. The van der Waals surface area contributed by atoms with Gasteiger partial charge in [-0.05, 0) is 42.8 Å². The highest BCUT2D eigenvalue weighted by molar-refractivity contribution is 7.99. The Labute approximate surface area is 182 Å². The van der Waals surface area contributed by atoms with Crippen LogP contribution in [0.4, 0.5) is 10.2 Å². The predicted molar refractivity (Wildman–Crippen MR) is 117 cm³/mol. The molecule has 27 heavy (non-hydrogen) atoms. The third-order valence-electron chi connectivity index (χ3n) is 3.67. The van der Waals surface area contributed by atoms with E-state index in [0.29, 0.717) is 25.2 Å². The van der Waals surface area contributed by atoms with Crippen molar-refractivity contribution in [3.05, 3.63) is 34.3 Å². The maximum atomic E-state index is 12.5. The molecule has 3 aromatic heterocycles. The van der Waals surface area contributed by atoms with Crippen LogP contribution in [0.3, 0.4) is 0 Å². The smallest absolute Gasteiger partial charge is 0.225 e. The lowest BCUT2D eigenvalue weighted by molar-refractivity contribution is 0.435. The number of hydrogen-bond acceptors (Lipinski definition) is 7. The third kappa shape index (κ3) is 5.85. The van der Waals surface area contributed by atoms with Gasteiger partial charge in [-0.2, -0.15) is 4.98 Å². The number of alkyl halides is 1. The average molecular weight is 474 g/mol. The first-order valence-corrected chi connectivity index (χ1v) is 10.1. The van der Waals surface area contributed by atoms with Crippen molar-refractivity contribution in [1.29, 1.82) is 0 Å². The van der Waals surface area contributed by atoms with Crippen molar-refractivity contribution >= 4 is 75.5 Å². The van der Waals surface area contributed by atoms with Gasteiger partial charge < -0.3 is 15.5 Å². The molecule has 0 amide bonds. The van der Waals surface area contributed by atoms with E-state index in [1.54, 1.807) is 29.4 Å². The van der Waals surface area contributed by atoms with E-state index in [9.17, 15) is 4.39 Å². The topological polar surface area (TPSA) is 77.0 Å². The van der Waals surface area contributed by atoms with Crippen molar-refractivity contribution in [1.82, 2.24) is 9.97 Å². The zero-order chi connectivity index (χ0) is 17.8. The molecular formula is C16H20Cl3FN4OS2. The van der Waals surface area contributed by atoms with Crippen LogP contribution >= 0.6 is 59.5 Å². The summed E-state index contributed by atoms with van der Waals surface area (Å²) in [5.41, 5.74) is 6.83. The Morgan fingerprint density at radius 2 is 2.19 bits per heavy atom. The van der Waals surface area contributed by atoms with Crippen LogP contribution in [-0.4, -0.2) is 28.9 Å². The Hall–Kier alpha value is -0.770. The Morgan fingerprint density at radius 1 is 1.41 bits per heavy atom. The SMILES string of the molecule is CSc1c(CC(N)CCF)sc2c(NCc3ccco3)nc(Cl)nc12.Cl.Cl. The molecule has 0 aliphatic carbocycles. The van der Waals surface area contributed by atoms with Gasteiger partial charge in [-0.25, -0.2) is 4.98 Å². The average Bonchev–Trinajstić information content (AvgIpc) is 3.20. The second-order valence-electron chi connectivity index (χ2n) is 5.45. The molecule has 0 radical (unpaired) electrons. The van der Waals surface area contributed by atoms with Crippen molar-refractivity contribution in [3.63, 3.8) is 0 Å². The lowest BCUT2D eigenvalue weighted by atomic mass is 10.1. The van der Waals surface area contributed by atoms with E-state index in [1.165, 1.54) is 0 Å². The summed E-state index contributed by atoms with van der Waals surface area (Å²) >= 11 is 9.28. The number of halogens is 4. The molecule has 0 fully saturated rings. The van der Waals surface area contributed by atoms with Crippen LogP contribution in [0.1, 0.15) is 17.1 Å². The van der Waals surface area contributed by atoms with Crippen molar-refractivity contribution in [2.75, 3.05) is 18.2 Å². The second-order valence-corrected chi connectivity index (χ2v) is 7.71. The standard InChI is InChI=1S/C16H18ClFN4OS2.2ClH/c1-24-13-11(7-9(19)4-5-18)25-14-12(13)21-16(17)22-15(14)20-8-10-3-2-6-23-10;;/h2-3,6,9H,4-5,7-8,19H2,1H3,(H,20,21,22);2*1H. The van der Waals surface area contributed by atoms with Crippen LogP contribution in [0, 0.1) is 0 Å². The number of thiophene rings is 1. The summed E-state index contributed by atoms with van der Waals surface area (Å²) in [6.45, 7) is 0.0842. The molecule has 3 N–H and O–H groups in total. The van der Waals surface area contributed by atoms with Crippen LogP contribution < -0.4 is 11.1 Å². The van der Waals surface area contributed by atoms with Gasteiger partial charge in [-0.1, -0.05) is 0 Å². The minimum absolute atomic E-state index is 0. The van der Waals surface area contributed by atoms with E-state index in [2.05, 4.69) is 15.3 Å². The minimum atomic E-state index is -0.414. The number of anilines is 1. The van der Waals surface area contributed by atoms with Gasteiger partial charge in [0.2, 0.25) is 5.28 Å². The first kappa shape index (κ1) is 24.3. The Bertz CT molecular complexity index is 848. The largest absolute Gasteiger partial charge is 0.467 e. The van der Waals surface area contributed by atoms with Crippen molar-refractivity contribution in [2.24, 2.45) is 5.73 Å². The van der Waals surface area contributed by atoms with Crippen LogP contribution in [0.5, 0.6) is 0 Å². The summed E-state index contributed by atoms with van der Waals surface area (Å²) < 4.78 is 18.8. The maximum absolute atomic E-state index is 12.5. The number of rotatable bonds is 8. The molecule has 0 spiro atoms. The minimum Gasteiger partial charge on any atom is -0.467 e. The summed E-state index contributed by atoms with van der Waals surface area (Å²) in [6.07, 6.45) is 4.56. The first-order chi connectivity index (χ1) is 12.1. The highest BCUT2D eigenvalue weighted by Gasteiger charge is 2.19. The number of thioether (sulfide) groups is 1. The number of hydrogen-bond donors (Lipinski definition) is 2. The maximum Gasteiger partial charge on any atom is 0.225 e. The lowest BCUT2D eigenvalue weighted by Crippen LogP contribution is -2.23. The molecule has 5 nitrogen and oxygen atoms in total. The monoisotopic (exact) mass is 472 g/mol. The van der Waals surface area contributed by atoms with Crippen molar-refractivity contribution < 1.29 is 8.81 Å². The van der Waals surface area contributed by atoms with Crippen LogP contribution in [0.15, 0.2) is 27.7 Å². The fraction of sp³-hybridized carbons (Fsp3) is 0.375. The summed E-state index contributed by atoms with van der Waals surface area (Å²) in [5.74, 6) is 1.46. The molecule has 3 rings (SSSR count). The van der Waals surface area contributed by atoms with E-state index >= 15 is 0 Å². The van der Waals surface area contributed by atoms with Gasteiger partial charge in [0.1, 0.15) is 17.1 Å². The highest BCUT2D eigenvalue weighted by Crippen LogP contribution is 2.40. The first-order valence-electron chi connectivity index (χ1n) is 7.73. The predicted octanol–water partition coefficient (Wildman–Crippen LogP) is 5.34. The lowest BCUT2D eigenvalue weighted by Gasteiger charge is -2.08. The van der Waals surface area contributed by atoms with E-state index in [1.807, 2.05) is 18.4 Å². The van der Waals surface area contributed by atoms with E-state index in [4.69, 9.17) is 21.8 Å². The quantitative estimate of drug-likeness (QED) is 0.339. The Kier molecular flexibility index (Phi) is 10.1. The van der Waals surface area contributed by atoms with Crippen molar-refractivity contribution in [3.8, 4) is 0 Å². The summed E-state index contributed by atoms with van der Waals surface area (Å²) in [5, 5.41) is 3.44. The van der Waals surface area contributed by atoms with E-state index in [-0.39, 0.29) is 36.1 Å².